The van der Waals surface area contributed by atoms with Gasteiger partial charge in [-0.2, -0.15) is 0 Å². The molecule has 1 rings (SSSR count). The summed E-state index contributed by atoms with van der Waals surface area (Å²) in [7, 11) is 0. The van der Waals surface area contributed by atoms with Gasteiger partial charge in [0.15, 0.2) is 0 Å². The number of nitrogens with zero attached hydrogens (tertiary/aromatic N) is 1. The van der Waals surface area contributed by atoms with Crippen molar-refractivity contribution in [2.24, 2.45) is 5.92 Å². The Morgan fingerprint density at radius 3 is 2.70 bits per heavy atom. The minimum absolute atomic E-state index is 0.207. The van der Waals surface area contributed by atoms with Crippen LogP contribution >= 0.6 is 0 Å². The number of carboxylic acid groups (broad SMARTS) is 1. The van der Waals surface area contributed by atoms with Crippen LogP contribution in [0.15, 0.2) is 18.3 Å². The molecule has 1 unspecified atom stereocenters. The Morgan fingerprint density at radius 2 is 2.15 bits per heavy atom. The van der Waals surface area contributed by atoms with E-state index in [1.165, 1.54) is 6.20 Å². The first-order valence-electron chi connectivity index (χ1n) is 6.57. The lowest BCUT2D eigenvalue weighted by Gasteiger charge is -2.18. The van der Waals surface area contributed by atoms with Crippen LogP contribution in [0.5, 0.6) is 0 Å². The van der Waals surface area contributed by atoms with E-state index in [2.05, 4.69) is 10.3 Å². The van der Waals surface area contributed by atoms with Crippen molar-refractivity contribution < 1.29 is 19.4 Å². The highest BCUT2D eigenvalue weighted by Crippen LogP contribution is 2.17. The summed E-state index contributed by atoms with van der Waals surface area (Å²) in [4.78, 5) is 27.1. The third-order valence-electron chi connectivity index (χ3n) is 2.62. The summed E-state index contributed by atoms with van der Waals surface area (Å²) >= 11 is 0. The first-order chi connectivity index (χ1) is 9.45. The van der Waals surface area contributed by atoms with Gasteiger partial charge < -0.3 is 15.2 Å². The number of ether oxygens (including phenoxy) is 1. The fourth-order valence-electron chi connectivity index (χ4n) is 1.75. The molecule has 0 saturated heterocycles. The zero-order valence-corrected chi connectivity index (χ0v) is 11.9. The van der Waals surface area contributed by atoms with E-state index >= 15 is 0 Å². The summed E-state index contributed by atoms with van der Waals surface area (Å²) in [6, 6.07) is 2.37. The van der Waals surface area contributed by atoms with Crippen LogP contribution in [0.2, 0.25) is 0 Å². The predicted molar refractivity (Wildman–Crippen MR) is 74.7 cm³/mol. The normalized spacial score (nSPS) is 12.0. The second-order valence-electron chi connectivity index (χ2n) is 4.78. The van der Waals surface area contributed by atoms with Crippen LogP contribution in [-0.2, 0) is 9.53 Å². The lowest BCUT2D eigenvalue weighted by atomic mass is 10.0. The molecule has 1 atom stereocenters. The van der Waals surface area contributed by atoms with Gasteiger partial charge >= 0.3 is 11.9 Å². The number of carbonyl (C=O) groups is 2. The van der Waals surface area contributed by atoms with E-state index in [0.29, 0.717) is 6.42 Å². The summed E-state index contributed by atoms with van der Waals surface area (Å²) in [5, 5.41) is 12.0. The zero-order chi connectivity index (χ0) is 15.1. The molecule has 1 heterocycles. The average molecular weight is 280 g/mol. The number of esters is 1. The van der Waals surface area contributed by atoms with Crippen molar-refractivity contribution >= 4 is 17.8 Å². The molecule has 0 aliphatic heterocycles. The van der Waals surface area contributed by atoms with Crippen molar-refractivity contribution in [3.05, 3.63) is 23.9 Å². The molecule has 0 aromatic carbocycles. The van der Waals surface area contributed by atoms with E-state index in [1.807, 2.05) is 13.8 Å². The molecule has 0 bridgehead atoms. The number of hydrogen-bond acceptors (Lipinski definition) is 5. The molecule has 0 aliphatic rings. The number of carboxylic acids is 1. The molecule has 0 spiro atoms. The van der Waals surface area contributed by atoms with Gasteiger partial charge in [0.1, 0.15) is 17.4 Å². The molecule has 0 fully saturated rings. The van der Waals surface area contributed by atoms with Crippen molar-refractivity contribution in [2.45, 2.75) is 33.2 Å². The van der Waals surface area contributed by atoms with Crippen LogP contribution in [0, 0.1) is 5.92 Å². The highest BCUT2D eigenvalue weighted by atomic mass is 16.5. The maximum atomic E-state index is 11.8. The molecular weight excluding hydrogens is 260 g/mol. The fraction of sp³-hybridized carbons (Fsp3) is 0.500. The van der Waals surface area contributed by atoms with Crippen molar-refractivity contribution in [3.63, 3.8) is 0 Å². The number of anilines is 1. The zero-order valence-electron chi connectivity index (χ0n) is 11.9. The van der Waals surface area contributed by atoms with E-state index in [1.54, 1.807) is 19.1 Å². The first-order valence-corrected chi connectivity index (χ1v) is 6.57. The van der Waals surface area contributed by atoms with Gasteiger partial charge in [-0.3, -0.25) is 0 Å². The van der Waals surface area contributed by atoms with Gasteiger partial charge in [0.2, 0.25) is 0 Å². The Hall–Kier alpha value is -2.11. The number of aromatic nitrogens is 1. The number of aliphatic carboxylic acids is 1. The van der Waals surface area contributed by atoms with Crippen molar-refractivity contribution in [3.8, 4) is 0 Å². The van der Waals surface area contributed by atoms with Crippen LogP contribution in [0.3, 0.4) is 0 Å². The van der Waals surface area contributed by atoms with E-state index in [0.717, 1.165) is 0 Å². The Bertz CT molecular complexity index is 474. The number of nitrogens with one attached hydrogen (secondary N) is 1. The molecule has 1 aromatic heterocycles. The van der Waals surface area contributed by atoms with Gasteiger partial charge in [0.25, 0.3) is 0 Å². The van der Waals surface area contributed by atoms with E-state index < -0.39 is 18.0 Å². The van der Waals surface area contributed by atoms with Gasteiger partial charge in [-0.25, -0.2) is 14.6 Å². The van der Waals surface area contributed by atoms with E-state index in [-0.39, 0.29) is 23.9 Å². The van der Waals surface area contributed by atoms with Crippen LogP contribution in [0.25, 0.3) is 0 Å². The molecule has 6 nitrogen and oxygen atoms in total. The second-order valence-corrected chi connectivity index (χ2v) is 4.78. The van der Waals surface area contributed by atoms with E-state index in [9.17, 15) is 14.7 Å². The largest absolute Gasteiger partial charge is 0.480 e. The van der Waals surface area contributed by atoms with Crippen LogP contribution in [0.1, 0.15) is 37.6 Å². The van der Waals surface area contributed by atoms with Crippen LogP contribution < -0.4 is 5.32 Å². The highest BCUT2D eigenvalue weighted by molar-refractivity contribution is 5.95. The Balaban J connectivity index is 2.95. The molecule has 110 valence electrons. The molecule has 0 amide bonds. The third kappa shape index (κ3) is 4.53. The number of hydrogen-bond donors (Lipinski definition) is 2. The van der Waals surface area contributed by atoms with Gasteiger partial charge in [0, 0.05) is 6.20 Å². The molecule has 0 radical (unpaired) electrons. The van der Waals surface area contributed by atoms with Crippen molar-refractivity contribution in [2.75, 3.05) is 11.9 Å². The molecule has 20 heavy (non-hydrogen) atoms. The molecule has 0 saturated carbocycles. The number of carbonyl (C=O) groups excluding carboxylic acids is 1. The van der Waals surface area contributed by atoms with Gasteiger partial charge in [-0.05, 0) is 31.4 Å². The Labute approximate surface area is 118 Å². The SMILES string of the molecule is CCOC(=O)c1cccnc1NC(CC(C)C)C(=O)O. The minimum atomic E-state index is -0.973. The highest BCUT2D eigenvalue weighted by Gasteiger charge is 2.22. The minimum Gasteiger partial charge on any atom is -0.480 e. The van der Waals surface area contributed by atoms with E-state index in [4.69, 9.17) is 4.74 Å². The summed E-state index contributed by atoms with van der Waals surface area (Å²) in [6.07, 6.45) is 1.94. The van der Waals surface area contributed by atoms with Gasteiger partial charge in [-0.15, -0.1) is 0 Å². The second kappa shape index (κ2) is 7.47. The van der Waals surface area contributed by atoms with Crippen LogP contribution in [0.4, 0.5) is 5.82 Å². The van der Waals surface area contributed by atoms with Gasteiger partial charge in [0.05, 0.1) is 6.61 Å². The molecule has 0 aliphatic carbocycles. The Morgan fingerprint density at radius 1 is 1.45 bits per heavy atom. The summed E-state index contributed by atoms with van der Waals surface area (Å²) in [5.41, 5.74) is 0.240. The smallest absolute Gasteiger partial charge is 0.341 e. The molecule has 1 aromatic rings. The maximum Gasteiger partial charge on any atom is 0.341 e. The topological polar surface area (TPSA) is 88.5 Å². The Kier molecular flexibility index (Phi) is 5.96. The first kappa shape index (κ1) is 15.9. The van der Waals surface area contributed by atoms with Crippen LogP contribution in [-0.4, -0.2) is 34.7 Å². The maximum absolute atomic E-state index is 11.8. The standard InChI is InChI=1S/C14H20N2O4/c1-4-20-14(19)10-6-5-7-15-12(10)16-11(13(17)18)8-9(2)3/h5-7,9,11H,4,8H2,1-3H3,(H,15,16)(H,17,18). The fourth-order valence-corrected chi connectivity index (χ4v) is 1.75. The molecule has 6 heteroatoms. The average Bonchev–Trinajstić information content (AvgIpc) is 2.38. The lowest BCUT2D eigenvalue weighted by Crippen LogP contribution is -2.32. The van der Waals surface area contributed by atoms with Crippen molar-refractivity contribution in [1.29, 1.82) is 0 Å². The van der Waals surface area contributed by atoms with Crippen molar-refractivity contribution in [1.82, 2.24) is 4.98 Å². The van der Waals surface area contributed by atoms with Gasteiger partial charge in [-0.1, -0.05) is 13.8 Å². The summed E-state index contributed by atoms with van der Waals surface area (Å²) in [5.74, 6) is -1.05. The molecule has 2 N–H and O–H groups in total. The number of rotatable bonds is 7. The third-order valence-corrected chi connectivity index (χ3v) is 2.62. The monoisotopic (exact) mass is 280 g/mol. The summed E-state index contributed by atoms with van der Waals surface area (Å²) < 4.78 is 4.93. The lowest BCUT2D eigenvalue weighted by molar-refractivity contribution is -0.138. The predicted octanol–water partition coefficient (Wildman–Crippen LogP) is 2.17. The summed E-state index contributed by atoms with van der Waals surface area (Å²) in [6.45, 7) is 5.83. The quantitative estimate of drug-likeness (QED) is 0.744. The molecular formula is C14H20N2O4. The number of pyridine rings is 1.